The Hall–Kier alpha value is -2.34. The average molecular weight is 442 g/mol. The van der Waals surface area contributed by atoms with E-state index in [-0.39, 0.29) is 11.8 Å². The molecule has 4 rings (SSSR count). The average Bonchev–Trinajstić information content (AvgIpc) is 3.35. The molecule has 2 saturated heterocycles. The van der Waals surface area contributed by atoms with Gasteiger partial charge in [0.1, 0.15) is 0 Å². The second kappa shape index (κ2) is 8.35. The third-order valence-corrected chi connectivity index (χ3v) is 6.02. The maximum absolute atomic E-state index is 12.5. The highest BCUT2D eigenvalue weighted by Crippen LogP contribution is 2.26. The molecule has 28 heavy (non-hydrogen) atoms. The topological polar surface area (TPSA) is 52.7 Å². The standard InChI is InChI=1S/C22H24BrN3O2/c23-18-3-1-4-20(13-18)25-12-10-16(15-25)14-24-22(28)17-6-8-19(9-7-17)26-11-2-5-21(26)27/h1,3-4,6-9,13,16H,2,5,10-12,14-15H2,(H,24,28). The summed E-state index contributed by atoms with van der Waals surface area (Å²) in [6.07, 6.45) is 2.59. The molecular formula is C22H24BrN3O2. The van der Waals surface area contributed by atoms with E-state index in [1.54, 1.807) is 17.0 Å². The zero-order valence-electron chi connectivity index (χ0n) is 15.7. The highest BCUT2D eigenvalue weighted by molar-refractivity contribution is 9.10. The van der Waals surface area contributed by atoms with E-state index < -0.39 is 0 Å². The molecule has 146 valence electrons. The van der Waals surface area contributed by atoms with Crippen LogP contribution in [0.3, 0.4) is 0 Å². The van der Waals surface area contributed by atoms with Crippen LogP contribution in [0, 0.1) is 5.92 Å². The fourth-order valence-corrected chi connectivity index (χ4v) is 4.35. The molecule has 1 atom stereocenters. The molecule has 0 aliphatic carbocycles. The van der Waals surface area contributed by atoms with Crippen LogP contribution in [0.25, 0.3) is 0 Å². The van der Waals surface area contributed by atoms with E-state index in [1.165, 1.54) is 5.69 Å². The van der Waals surface area contributed by atoms with Gasteiger partial charge in [-0.3, -0.25) is 9.59 Å². The van der Waals surface area contributed by atoms with Crippen LogP contribution in [0.1, 0.15) is 29.6 Å². The molecule has 2 amide bonds. The molecule has 2 fully saturated rings. The van der Waals surface area contributed by atoms with Gasteiger partial charge < -0.3 is 15.1 Å². The molecule has 2 aliphatic heterocycles. The molecule has 2 heterocycles. The number of carbonyl (C=O) groups is 2. The minimum Gasteiger partial charge on any atom is -0.371 e. The van der Waals surface area contributed by atoms with Crippen molar-refractivity contribution in [2.75, 3.05) is 36.0 Å². The van der Waals surface area contributed by atoms with Crippen molar-refractivity contribution in [2.24, 2.45) is 5.92 Å². The van der Waals surface area contributed by atoms with Crippen molar-refractivity contribution in [3.63, 3.8) is 0 Å². The van der Waals surface area contributed by atoms with Crippen molar-refractivity contribution in [1.29, 1.82) is 0 Å². The van der Waals surface area contributed by atoms with Crippen LogP contribution >= 0.6 is 15.9 Å². The maximum Gasteiger partial charge on any atom is 0.251 e. The van der Waals surface area contributed by atoms with Crippen LogP contribution in [0.15, 0.2) is 53.0 Å². The lowest BCUT2D eigenvalue weighted by Crippen LogP contribution is -2.31. The van der Waals surface area contributed by atoms with E-state index in [2.05, 4.69) is 38.3 Å². The number of hydrogen-bond acceptors (Lipinski definition) is 3. The van der Waals surface area contributed by atoms with Crippen molar-refractivity contribution in [3.05, 3.63) is 58.6 Å². The van der Waals surface area contributed by atoms with Crippen LogP contribution in [0.2, 0.25) is 0 Å². The van der Waals surface area contributed by atoms with Gasteiger partial charge in [0.2, 0.25) is 5.91 Å². The first-order valence-electron chi connectivity index (χ1n) is 9.79. The summed E-state index contributed by atoms with van der Waals surface area (Å²) in [6.45, 7) is 3.40. The molecule has 0 aromatic heterocycles. The largest absolute Gasteiger partial charge is 0.371 e. The first-order chi connectivity index (χ1) is 13.6. The van der Waals surface area contributed by atoms with Crippen molar-refractivity contribution in [1.82, 2.24) is 5.32 Å². The molecule has 1 N–H and O–H groups in total. The Morgan fingerprint density at radius 3 is 2.64 bits per heavy atom. The van der Waals surface area contributed by atoms with Gasteiger partial charge in [-0.05, 0) is 61.2 Å². The monoisotopic (exact) mass is 441 g/mol. The minimum absolute atomic E-state index is 0.0554. The molecule has 2 aromatic carbocycles. The summed E-state index contributed by atoms with van der Waals surface area (Å²) in [6, 6.07) is 15.7. The summed E-state index contributed by atoms with van der Waals surface area (Å²) in [4.78, 5) is 28.5. The molecule has 2 aromatic rings. The lowest BCUT2D eigenvalue weighted by atomic mass is 10.1. The Labute approximate surface area is 173 Å². The number of carbonyl (C=O) groups excluding carboxylic acids is 2. The molecule has 6 heteroatoms. The number of hydrogen-bond donors (Lipinski definition) is 1. The molecule has 5 nitrogen and oxygen atoms in total. The van der Waals surface area contributed by atoms with Crippen LogP contribution in [-0.4, -0.2) is 38.0 Å². The lowest BCUT2D eigenvalue weighted by Gasteiger charge is -2.19. The Balaban J connectivity index is 1.29. The van der Waals surface area contributed by atoms with E-state index in [0.717, 1.165) is 42.6 Å². The van der Waals surface area contributed by atoms with Gasteiger partial charge in [0.05, 0.1) is 0 Å². The number of benzene rings is 2. The van der Waals surface area contributed by atoms with Crippen molar-refractivity contribution in [3.8, 4) is 0 Å². The summed E-state index contributed by atoms with van der Waals surface area (Å²) in [7, 11) is 0. The van der Waals surface area contributed by atoms with Crippen LogP contribution in [0.5, 0.6) is 0 Å². The van der Waals surface area contributed by atoms with Gasteiger partial charge in [0, 0.05) is 54.0 Å². The molecule has 2 aliphatic rings. The quantitative estimate of drug-likeness (QED) is 0.766. The van der Waals surface area contributed by atoms with Crippen LogP contribution < -0.4 is 15.1 Å². The Morgan fingerprint density at radius 1 is 1.11 bits per heavy atom. The Bertz CT molecular complexity index is 868. The summed E-state index contributed by atoms with van der Waals surface area (Å²) in [5.41, 5.74) is 2.73. The van der Waals surface area contributed by atoms with Gasteiger partial charge in [-0.25, -0.2) is 0 Å². The van der Waals surface area contributed by atoms with Gasteiger partial charge in [-0.2, -0.15) is 0 Å². The smallest absolute Gasteiger partial charge is 0.251 e. The van der Waals surface area contributed by atoms with E-state index in [4.69, 9.17) is 0 Å². The SMILES string of the molecule is O=C(NCC1CCN(c2cccc(Br)c2)C1)c1ccc(N2CCCC2=O)cc1. The van der Waals surface area contributed by atoms with E-state index in [9.17, 15) is 9.59 Å². The predicted molar refractivity (Wildman–Crippen MR) is 115 cm³/mol. The zero-order chi connectivity index (χ0) is 19.5. The summed E-state index contributed by atoms with van der Waals surface area (Å²) in [5.74, 6) is 0.554. The Morgan fingerprint density at radius 2 is 1.93 bits per heavy atom. The second-order valence-electron chi connectivity index (χ2n) is 7.49. The van der Waals surface area contributed by atoms with Crippen molar-refractivity contribution >= 4 is 39.1 Å². The second-order valence-corrected chi connectivity index (χ2v) is 8.40. The normalized spacial score (nSPS) is 19.3. The number of amides is 2. The van der Waals surface area contributed by atoms with Crippen LogP contribution in [-0.2, 0) is 4.79 Å². The van der Waals surface area contributed by atoms with Gasteiger partial charge in [-0.1, -0.05) is 22.0 Å². The van der Waals surface area contributed by atoms with Gasteiger partial charge in [0.15, 0.2) is 0 Å². The van der Waals surface area contributed by atoms with Gasteiger partial charge >= 0.3 is 0 Å². The molecule has 1 unspecified atom stereocenters. The van der Waals surface area contributed by atoms with E-state index in [1.807, 2.05) is 24.3 Å². The minimum atomic E-state index is -0.0554. The van der Waals surface area contributed by atoms with Crippen molar-refractivity contribution in [2.45, 2.75) is 19.3 Å². The van der Waals surface area contributed by atoms with E-state index in [0.29, 0.717) is 24.4 Å². The lowest BCUT2D eigenvalue weighted by molar-refractivity contribution is -0.117. The predicted octanol–water partition coefficient (Wildman–Crippen LogP) is 3.83. The number of halogens is 1. The maximum atomic E-state index is 12.5. The molecule has 0 radical (unpaired) electrons. The first-order valence-corrected chi connectivity index (χ1v) is 10.6. The summed E-state index contributed by atoms with van der Waals surface area (Å²) < 4.78 is 1.08. The van der Waals surface area contributed by atoms with Crippen molar-refractivity contribution < 1.29 is 9.59 Å². The molecule has 0 saturated carbocycles. The Kier molecular flexibility index (Phi) is 5.67. The van der Waals surface area contributed by atoms with Crippen LogP contribution in [0.4, 0.5) is 11.4 Å². The molecule has 0 spiro atoms. The highest BCUT2D eigenvalue weighted by atomic mass is 79.9. The number of rotatable bonds is 5. The summed E-state index contributed by atoms with van der Waals surface area (Å²) >= 11 is 3.52. The van der Waals surface area contributed by atoms with Gasteiger partial charge in [0.25, 0.3) is 5.91 Å². The highest BCUT2D eigenvalue weighted by Gasteiger charge is 2.24. The molecular weight excluding hydrogens is 418 g/mol. The number of nitrogens with one attached hydrogen (secondary N) is 1. The first kappa shape index (κ1) is 19.0. The fourth-order valence-electron chi connectivity index (χ4n) is 3.96. The molecule has 0 bridgehead atoms. The fraction of sp³-hybridized carbons (Fsp3) is 0.364. The van der Waals surface area contributed by atoms with Gasteiger partial charge in [-0.15, -0.1) is 0 Å². The third-order valence-electron chi connectivity index (χ3n) is 5.53. The summed E-state index contributed by atoms with van der Waals surface area (Å²) in [5, 5.41) is 3.07. The van der Waals surface area contributed by atoms with E-state index >= 15 is 0 Å². The zero-order valence-corrected chi connectivity index (χ0v) is 17.3. The third kappa shape index (κ3) is 4.22. The number of anilines is 2. The number of nitrogens with zero attached hydrogens (tertiary/aromatic N) is 2.